The molecule has 0 saturated heterocycles. The standard InChI is InChI=1S/C60H90O10/c1-7-13-19-25-43-63-53-39-31-49(57(65-45-27-21-15-9-3)59(53)67-47-29-23-17-11-5)33-41-55(61)69-51-35-37-52(38-36-51)70-56(62)42-34-50-32-40-54(64-44-26-20-14-8-2)60(68-48-30-24-18-12-6)58(50)66-46-28-22-16-10-4/h31-42H,7-30,43-48H2,1-6H3. The number of benzene rings is 3. The van der Waals surface area contributed by atoms with Crippen LogP contribution in [0.25, 0.3) is 12.2 Å². The summed E-state index contributed by atoms with van der Waals surface area (Å²) in [5.74, 6) is 3.06. The molecule has 0 unspecified atom stereocenters. The van der Waals surface area contributed by atoms with Gasteiger partial charge in [0.15, 0.2) is 23.0 Å². The number of unbranched alkanes of at least 4 members (excludes halogenated alkanes) is 18. The van der Waals surface area contributed by atoms with Crippen LogP contribution in [0.1, 0.15) is 207 Å². The fourth-order valence-electron chi connectivity index (χ4n) is 7.61. The molecule has 0 fully saturated rings. The van der Waals surface area contributed by atoms with E-state index >= 15 is 0 Å². The first-order valence-electron chi connectivity index (χ1n) is 27.4. The molecule has 0 N–H and O–H groups in total. The predicted molar refractivity (Wildman–Crippen MR) is 286 cm³/mol. The van der Waals surface area contributed by atoms with Gasteiger partial charge in [-0.3, -0.25) is 0 Å². The summed E-state index contributed by atoms with van der Waals surface area (Å²) in [5.41, 5.74) is 1.40. The molecule has 3 aromatic rings. The highest BCUT2D eigenvalue weighted by Crippen LogP contribution is 2.43. The molecule has 70 heavy (non-hydrogen) atoms. The molecule has 0 aliphatic rings. The molecule has 0 atom stereocenters. The van der Waals surface area contributed by atoms with Crippen LogP contribution in [0.2, 0.25) is 0 Å². The van der Waals surface area contributed by atoms with E-state index in [1.807, 2.05) is 24.3 Å². The zero-order valence-electron chi connectivity index (χ0n) is 44.2. The summed E-state index contributed by atoms with van der Waals surface area (Å²) in [6.45, 7) is 16.5. The van der Waals surface area contributed by atoms with Crippen molar-refractivity contribution in [3.63, 3.8) is 0 Å². The number of hydrogen-bond donors (Lipinski definition) is 0. The predicted octanol–water partition coefficient (Wildman–Crippen LogP) is 16.7. The Balaban J connectivity index is 1.77. The van der Waals surface area contributed by atoms with Crippen molar-refractivity contribution in [2.75, 3.05) is 39.6 Å². The summed E-state index contributed by atoms with van der Waals surface area (Å²) < 4.78 is 49.6. The first-order valence-corrected chi connectivity index (χ1v) is 27.4. The zero-order chi connectivity index (χ0) is 50.3. The molecule has 0 saturated carbocycles. The van der Waals surface area contributed by atoms with Crippen LogP contribution < -0.4 is 37.9 Å². The molecule has 0 bridgehead atoms. The van der Waals surface area contributed by atoms with E-state index in [0.717, 1.165) is 141 Å². The SMILES string of the molecule is CCCCCCOc1ccc(C=CC(=O)Oc2ccc(OC(=O)C=Cc3ccc(OCCCCCC)c(OCCCCCC)c3OCCCCCC)cc2)c(OCCCCCC)c1OCCCCCC. The number of hydrogen-bond acceptors (Lipinski definition) is 10. The Kier molecular flexibility index (Phi) is 32.6. The molecule has 0 aliphatic heterocycles. The highest BCUT2D eigenvalue weighted by Gasteiger charge is 2.20. The van der Waals surface area contributed by atoms with Gasteiger partial charge in [-0.25, -0.2) is 9.59 Å². The lowest BCUT2D eigenvalue weighted by Gasteiger charge is -2.19. The van der Waals surface area contributed by atoms with E-state index in [2.05, 4.69) is 41.5 Å². The number of esters is 2. The third-order valence-corrected chi connectivity index (χ3v) is 11.8. The summed E-state index contributed by atoms with van der Waals surface area (Å²) in [7, 11) is 0. The molecule has 10 heteroatoms. The number of rotatable bonds is 42. The summed E-state index contributed by atoms with van der Waals surface area (Å²) in [6, 6.07) is 14.0. The van der Waals surface area contributed by atoms with Crippen molar-refractivity contribution >= 4 is 24.1 Å². The van der Waals surface area contributed by atoms with Crippen molar-refractivity contribution in [3.05, 3.63) is 71.8 Å². The third-order valence-electron chi connectivity index (χ3n) is 11.8. The lowest BCUT2D eigenvalue weighted by molar-refractivity contribution is -0.130. The Morgan fingerprint density at radius 3 is 0.886 bits per heavy atom. The second-order valence-corrected chi connectivity index (χ2v) is 18.1. The van der Waals surface area contributed by atoms with Gasteiger partial charge in [-0.05, 0) is 99.2 Å². The van der Waals surface area contributed by atoms with Gasteiger partial charge in [0.25, 0.3) is 0 Å². The lowest BCUT2D eigenvalue weighted by Crippen LogP contribution is -2.08. The normalized spacial score (nSPS) is 11.3. The van der Waals surface area contributed by atoms with Gasteiger partial charge >= 0.3 is 11.9 Å². The van der Waals surface area contributed by atoms with Crippen LogP contribution in [0.3, 0.4) is 0 Å². The minimum Gasteiger partial charge on any atom is -0.490 e. The van der Waals surface area contributed by atoms with Crippen molar-refractivity contribution in [2.24, 2.45) is 0 Å². The van der Waals surface area contributed by atoms with Crippen LogP contribution in [0.15, 0.2) is 60.7 Å². The van der Waals surface area contributed by atoms with E-state index in [-0.39, 0.29) is 0 Å². The topological polar surface area (TPSA) is 108 Å². The molecule has 0 amide bonds. The zero-order valence-corrected chi connectivity index (χ0v) is 44.2. The molecule has 10 nitrogen and oxygen atoms in total. The average Bonchev–Trinajstić information content (AvgIpc) is 3.36. The van der Waals surface area contributed by atoms with Gasteiger partial charge < -0.3 is 37.9 Å². The second kappa shape index (κ2) is 38.6. The van der Waals surface area contributed by atoms with Gasteiger partial charge in [0.05, 0.1) is 39.6 Å². The van der Waals surface area contributed by atoms with Crippen molar-refractivity contribution < 1.29 is 47.5 Å². The van der Waals surface area contributed by atoms with Gasteiger partial charge in [-0.2, -0.15) is 0 Å². The number of carbonyl (C=O) groups excluding carboxylic acids is 2. The van der Waals surface area contributed by atoms with Crippen LogP contribution in [0.5, 0.6) is 46.0 Å². The maximum atomic E-state index is 13.2. The monoisotopic (exact) mass is 971 g/mol. The van der Waals surface area contributed by atoms with Crippen molar-refractivity contribution in [3.8, 4) is 46.0 Å². The smallest absolute Gasteiger partial charge is 0.336 e. The Bertz CT molecular complexity index is 1770. The Labute approximate surface area is 423 Å². The van der Waals surface area contributed by atoms with Crippen LogP contribution in [0, 0.1) is 0 Å². The molecular weight excluding hydrogens is 881 g/mol. The molecule has 0 radical (unpaired) electrons. The highest BCUT2D eigenvalue weighted by atomic mass is 16.6. The van der Waals surface area contributed by atoms with Gasteiger partial charge in [0.2, 0.25) is 11.5 Å². The maximum absolute atomic E-state index is 13.2. The molecule has 0 heterocycles. The minimum absolute atomic E-state index is 0.302. The van der Waals surface area contributed by atoms with Crippen LogP contribution in [-0.2, 0) is 9.59 Å². The number of ether oxygens (including phenoxy) is 8. The molecule has 0 spiro atoms. The summed E-state index contributed by atoms with van der Waals surface area (Å²) >= 11 is 0. The van der Waals surface area contributed by atoms with E-state index in [1.165, 1.54) is 25.0 Å². The largest absolute Gasteiger partial charge is 0.490 e. The molecule has 390 valence electrons. The first kappa shape index (κ1) is 59.2. The molecule has 3 aromatic carbocycles. The average molecular weight is 971 g/mol. The van der Waals surface area contributed by atoms with Gasteiger partial charge in [0, 0.05) is 23.3 Å². The molecule has 0 aromatic heterocycles. The lowest BCUT2D eigenvalue weighted by atomic mass is 10.1. The van der Waals surface area contributed by atoms with Crippen LogP contribution in [-0.4, -0.2) is 51.6 Å². The van der Waals surface area contributed by atoms with Gasteiger partial charge in [-0.1, -0.05) is 157 Å². The van der Waals surface area contributed by atoms with Gasteiger partial charge in [-0.15, -0.1) is 0 Å². The minimum atomic E-state index is -0.569. The van der Waals surface area contributed by atoms with Crippen molar-refractivity contribution in [1.82, 2.24) is 0 Å². The van der Waals surface area contributed by atoms with Crippen molar-refractivity contribution in [2.45, 2.75) is 196 Å². The Morgan fingerprint density at radius 1 is 0.329 bits per heavy atom. The van der Waals surface area contributed by atoms with E-state index in [1.54, 1.807) is 36.4 Å². The highest BCUT2D eigenvalue weighted by molar-refractivity contribution is 5.90. The Hall–Kier alpha value is -5.12. The third kappa shape index (κ3) is 24.6. The summed E-state index contributed by atoms with van der Waals surface area (Å²) in [6.07, 6.45) is 32.1. The number of carbonyl (C=O) groups is 2. The maximum Gasteiger partial charge on any atom is 0.336 e. The van der Waals surface area contributed by atoms with Gasteiger partial charge in [0.1, 0.15) is 11.5 Å². The fraction of sp³-hybridized carbons (Fsp3) is 0.600. The van der Waals surface area contributed by atoms with Crippen LogP contribution in [0.4, 0.5) is 0 Å². The summed E-state index contributed by atoms with van der Waals surface area (Å²) in [5, 5.41) is 0. The quantitative estimate of drug-likeness (QED) is 0.0236. The molecular formula is C60H90O10. The Morgan fingerprint density at radius 2 is 0.600 bits per heavy atom. The van der Waals surface area contributed by atoms with E-state index in [9.17, 15) is 9.59 Å². The molecule has 0 aliphatic carbocycles. The van der Waals surface area contributed by atoms with Crippen molar-refractivity contribution in [1.29, 1.82) is 0 Å². The second-order valence-electron chi connectivity index (χ2n) is 18.1. The first-order chi connectivity index (χ1) is 34.4. The van der Waals surface area contributed by atoms with E-state index < -0.39 is 11.9 Å². The fourth-order valence-corrected chi connectivity index (χ4v) is 7.61. The van der Waals surface area contributed by atoms with E-state index in [4.69, 9.17) is 37.9 Å². The van der Waals surface area contributed by atoms with E-state index in [0.29, 0.717) is 96.8 Å². The molecule has 3 rings (SSSR count). The summed E-state index contributed by atoms with van der Waals surface area (Å²) in [4.78, 5) is 26.4. The van der Waals surface area contributed by atoms with Crippen LogP contribution >= 0.6 is 0 Å².